The highest BCUT2D eigenvalue weighted by Crippen LogP contribution is 2.38. The van der Waals surface area contributed by atoms with Crippen LogP contribution in [0.4, 0.5) is 0 Å². The van der Waals surface area contributed by atoms with Crippen molar-refractivity contribution >= 4 is 19.8 Å². The molecule has 1 fully saturated rings. The van der Waals surface area contributed by atoms with Crippen LogP contribution in [0, 0.1) is 0 Å². The van der Waals surface area contributed by atoms with Crippen molar-refractivity contribution in [3.05, 3.63) is 36.5 Å². The monoisotopic (exact) mass is 854 g/mol. The fourth-order valence-corrected chi connectivity index (χ4v) is 7.42. The molecular formula is C48H88NO9P. The van der Waals surface area contributed by atoms with Gasteiger partial charge in [-0.05, 0) is 70.6 Å². The van der Waals surface area contributed by atoms with Gasteiger partial charge in [-0.1, -0.05) is 147 Å². The number of esters is 2. The second-order valence-electron chi connectivity index (χ2n) is 17.5. The Labute approximate surface area is 361 Å². The molecule has 344 valence electrons. The lowest BCUT2D eigenvalue weighted by Gasteiger charge is -2.28. The zero-order valence-corrected chi connectivity index (χ0v) is 39.3. The summed E-state index contributed by atoms with van der Waals surface area (Å²) in [7, 11) is 1.14. The van der Waals surface area contributed by atoms with Crippen LogP contribution >= 0.6 is 7.82 Å². The fraction of sp³-hybridized carbons (Fsp3) is 0.833. The van der Waals surface area contributed by atoms with E-state index in [1.165, 1.54) is 77.0 Å². The standard InChI is InChI=1S/C48H88NO9P/c1-6-8-10-12-14-15-16-17-18-19-20-21-22-23-24-25-26-30-34-38-47(50)54-42-44(43-56-59(52,53)55-41-40-49(3,4)5)57-48(51)39-35-31-27-29-33-37-46-45(58-46)36-32-28-13-11-9-7-2/h14-15,17-18,28,32,44-46H,6-13,16,19-27,29-31,33-43H2,1-5H3/b15-14-,18-17-,32-28-/t44-,45?,46?/m1/s1. The van der Waals surface area contributed by atoms with Gasteiger partial charge in [-0.15, -0.1) is 0 Å². The van der Waals surface area contributed by atoms with Gasteiger partial charge in [0.05, 0.1) is 40.0 Å². The number of hydrogen-bond acceptors (Lipinski definition) is 9. The maximum atomic E-state index is 12.7. The van der Waals surface area contributed by atoms with Gasteiger partial charge in [0.1, 0.15) is 19.8 Å². The number of phosphoric acid groups is 1. The van der Waals surface area contributed by atoms with Gasteiger partial charge in [0.15, 0.2) is 6.10 Å². The Morgan fingerprint density at radius 2 is 1.14 bits per heavy atom. The second kappa shape index (κ2) is 36.8. The summed E-state index contributed by atoms with van der Waals surface area (Å²) in [6, 6.07) is 0. The molecule has 1 saturated heterocycles. The van der Waals surface area contributed by atoms with Gasteiger partial charge >= 0.3 is 11.9 Å². The zero-order valence-electron chi connectivity index (χ0n) is 38.4. The van der Waals surface area contributed by atoms with Crippen LogP contribution < -0.4 is 4.89 Å². The highest BCUT2D eigenvalue weighted by Gasteiger charge is 2.36. The Morgan fingerprint density at radius 1 is 0.627 bits per heavy atom. The maximum absolute atomic E-state index is 12.7. The third-order valence-corrected chi connectivity index (χ3v) is 11.5. The lowest BCUT2D eigenvalue weighted by Crippen LogP contribution is -2.37. The number of hydrogen-bond donors (Lipinski definition) is 0. The van der Waals surface area contributed by atoms with E-state index in [4.69, 9.17) is 23.3 Å². The minimum atomic E-state index is -4.64. The van der Waals surface area contributed by atoms with E-state index in [0.29, 0.717) is 29.7 Å². The molecule has 10 nitrogen and oxygen atoms in total. The van der Waals surface area contributed by atoms with Crippen LogP contribution in [0.15, 0.2) is 36.5 Å². The number of ether oxygens (including phenoxy) is 3. The van der Waals surface area contributed by atoms with E-state index in [1.807, 2.05) is 21.1 Å². The Bertz CT molecular complexity index is 1170. The van der Waals surface area contributed by atoms with E-state index in [0.717, 1.165) is 83.5 Å². The summed E-state index contributed by atoms with van der Waals surface area (Å²) in [6.07, 6.45) is 43.2. The number of nitrogens with zero attached hydrogens (tertiary/aromatic N) is 1. The Kier molecular flexibility index (Phi) is 34.4. The van der Waals surface area contributed by atoms with Crippen LogP contribution in [0.3, 0.4) is 0 Å². The van der Waals surface area contributed by atoms with Crippen LogP contribution in [0.1, 0.15) is 194 Å². The van der Waals surface area contributed by atoms with E-state index in [-0.39, 0.29) is 26.1 Å². The van der Waals surface area contributed by atoms with Crippen molar-refractivity contribution in [2.24, 2.45) is 0 Å². The summed E-state index contributed by atoms with van der Waals surface area (Å²) in [4.78, 5) is 37.7. The summed E-state index contributed by atoms with van der Waals surface area (Å²) < 4.78 is 39.8. The highest BCUT2D eigenvalue weighted by atomic mass is 31.2. The molecule has 1 rings (SSSR count). The first-order chi connectivity index (χ1) is 28.5. The van der Waals surface area contributed by atoms with Crippen LogP contribution in [0.5, 0.6) is 0 Å². The molecule has 0 N–H and O–H groups in total. The quantitative estimate of drug-likeness (QED) is 0.0147. The van der Waals surface area contributed by atoms with Crippen molar-refractivity contribution in [2.45, 2.75) is 212 Å². The molecule has 0 aromatic rings. The van der Waals surface area contributed by atoms with Gasteiger partial charge < -0.3 is 32.6 Å². The van der Waals surface area contributed by atoms with Crippen LogP contribution in [-0.4, -0.2) is 82.2 Å². The number of allylic oxidation sites excluding steroid dienone is 5. The van der Waals surface area contributed by atoms with Crippen LogP contribution in [0.2, 0.25) is 0 Å². The summed E-state index contributed by atoms with van der Waals surface area (Å²) in [5.41, 5.74) is 0. The van der Waals surface area contributed by atoms with Gasteiger partial charge in [-0.3, -0.25) is 14.2 Å². The van der Waals surface area contributed by atoms with E-state index in [2.05, 4.69) is 50.3 Å². The molecule has 0 saturated carbocycles. The first kappa shape index (κ1) is 55.2. The summed E-state index contributed by atoms with van der Waals surface area (Å²) in [6.45, 7) is 4.15. The van der Waals surface area contributed by atoms with Gasteiger partial charge in [0.25, 0.3) is 7.82 Å². The summed E-state index contributed by atoms with van der Waals surface area (Å²) in [5.74, 6) is -0.860. The highest BCUT2D eigenvalue weighted by molar-refractivity contribution is 7.45. The molecule has 0 bridgehead atoms. The summed E-state index contributed by atoms with van der Waals surface area (Å²) >= 11 is 0. The van der Waals surface area contributed by atoms with E-state index < -0.39 is 32.5 Å². The molecule has 1 heterocycles. The molecule has 0 amide bonds. The number of quaternary nitrogens is 1. The molecule has 3 unspecified atom stereocenters. The summed E-state index contributed by atoms with van der Waals surface area (Å²) in [5, 5.41) is 0. The minimum absolute atomic E-state index is 0.0376. The number of likely N-dealkylation sites (N-methyl/N-ethyl adjacent to an activating group) is 1. The number of carbonyl (C=O) groups excluding carboxylic acids is 2. The lowest BCUT2D eigenvalue weighted by atomic mass is 10.1. The Morgan fingerprint density at radius 3 is 1.71 bits per heavy atom. The molecular weight excluding hydrogens is 765 g/mol. The van der Waals surface area contributed by atoms with Crippen LogP contribution in [-0.2, 0) is 37.4 Å². The van der Waals surface area contributed by atoms with Crippen molar-refractivity contribution in [2.75, 3.05) is 47.5 Å². The normalized spacial score (nSPS) is 17.3. The Hall–Kier alpha value is -1.81. The van der Waals surface area contributed by atoms with Crippen molar-refractivity contribution < 1.29 is 46.8 Å². The Balaban J connectivity index is 2.25. The molecule has 1 aliphatic heterocycles. The topological polar surface area (TPSA) is 124 Å². The molecule has 0 aliphatic carbocycles. The molecule has 4 atom stereocenters. The molecule has 0 spiro atoms. The predicted octanol–water partition coefficient (Wildman–Crippen LogP) is 12.0. The zero-order chi connectivity index (χ0) is 43.3. The predicted molar refractivity (Wildman–Crippen MR) is 240 cm³/mol. The smallest absolute Gasteiger partial charge is 0.306 e. The van der Waals surface area contributed by atoms with E-state index in [1.54, 1.807) is 0 Å². The third kappa shape index (κ3) is 37.7. The second-order valence-corrected chi connectivity index (χ2v) is 18.9. The largest absolute Gasteiger partial charge is 0.756 e. The van der Waals surface area contributed by atoms with Gasteiger partial charge in [0.2, 0.25) is 0 Å². The van der Waals surface area contributed by atoms with Crippen molar-refractivity contribution in [1.82, 2.24) is 0 Å². The van der Waals surface area contributed by atoms with Crippen molar-refractivity contribution in [3.63, 3.8) is 0 Å². The molecule has 1 aliphatic rings. The maximum Gasteiger partial charge on any atom is 0.306 e. The number of carbonyl (C=O) groups is 2. The first-order valence-electron chi connectivity index (χ1n) is 23.8. The van der Waals surface area contributed by atoms with Crippen LogP contribution in [0.25, 0.3) is 0 Å². The van der Waals surface area contributed by atoms with Crippen molar-refractivity contribution in [1.29, 1.82) is 0 Å². The third-order valence-electron chi connectivity index (χ3n) is 10.6. The number of epoxide rings is 1. The van der Waals surface area contributed by atoms with Gasteiger partial charge in [-0.2, -0.15) is 0 Å². The number of unbranched alkanes of at least 4 members (excludes halogenated alkanes) is 19. The van der Waals surface area contributed by atoms with Gasteiger partial charge in [-0.25, -0.2) is 0 Å². The fourth-order valence-electron chi connectivity index (χ4n) is 6.69. The molecule has 0 radical (unpaired) electrons. The SMILES string of the molecule is CCCCC/C=C\C/C=C\CCCCCCCCCCCC(=O)OC[C@H](COP(=O)([O-])OCC[N+](C)(C)C)OC(=O)CCCCCCCC1OC1C/C=C\CCCCC. The molecule has 0 aromatic heterocycles. The van der Waals surface area contributed by atoms with Crippen molar-refractivity contribution in [3.8, 4) is 0 Å². The molecule has 0 aromatic carbocycles. The average molecular weight is 854 g/mol. The van der Waals surface area contributed by atoms with Gasteiger partial charge in [0, 0.05) is 12.8 Å². The first-order valence-corrected chi connectivity index (χ1v) is 25.3. The number of rotatable bonds is 42. The molecule has 59 heavy (non-hydrogen) atoms. The number of phosphoric ester groups is 1. The average Bonchev–Trinajstić information content (AvgIpc) is 3.94. The van der Waals surface area contributed by atoms with E-state index >= 15 is 0 Å². The molecule has 11 heteroatoms. The minimum Gasteiger partial charge on any atom is -0.756 e. The van der Waals surface area contributed by atoms with E-state index in [9.17, 15) is 19.0 Å². The lowest BCUT2D eigenvalue weighted by molar-refractivity contribution is -0.870.